The van der Waals surface area contributed by atoms with E-state index in [-0.39, 0.29) is 17.3 Å². The van der Waals surface area contributed by atoms with Gasteiger partial charge in [-0.15, -0.1) is 0 Å². The number of carbonyl (C=O) groups excluding carboxylic acids is 1. The van der Waals surface area contributed by atoms with Crippen molar-refractivity contribution in [2.45, 2.75) is 38.7 Å². The number of carbonyl (C=O) groups is 1. The molecule has 1 unspecified atom stereocenters. The molecular formula is C19H25ClN4O4. The lowest BCUT2D eigenvalue weighted by Crippen LogP contribution is -2.36. The summed E-state index contributed by atoms with van der Waals surface area (Å²) in [6.07, 6.45) is 0.524. The largest absolute Gasteiger partial charge is 0.455 e. The Labute approximate surface area is 168 Å². The SMILES string of the molecule is CC(C)(C)OC(=O)N1CCC(c2cc3nc(Cl)nc(N4CCOCC4)c3o2)C1. The van der Waals surface area contributed by atoms with Gasteiger partial charge in [0.05, 0.1) is 13.2 Å². The van der Waals surface area contributed by atoms with Gasteiger partial charge in [0.15, 0.2) is 11.4 Å². The number of aromatic nitrogens is 2. The number of likely N-dealkylation sites (tertiary alicyclic amines) is 1. The minimum atomic E-state index is -0.506. The van der Waals surface area contributed by atoms with Crippen molar-refractivity contribution in [3.05, 3.63) is 17.1 Å². The lowest BCUT2D eigenvalue weighted by atomic mass is 10.1. The highest BCUT2D eigenvalue weighted by Gasteiger charge is 2.33. The van der Waals surface area contributed by atoms with Crippen molar-refractivity contribution in [1.29, 1.82) is 0 Å². The standard InChI is InChI=1S/C19H25ClN4O4/c1-19(2,3)28-18(25)24-5-4-12(11-24)14-10-13-15(27-14)16(22-17(20)21-13)23-6-8-26-9-7-23/h10,12H,4-9,11H2,1-3H3. The van der Waals surface area contributed by atoms with E-state index in [2.05, 4.69) is 14.9 Å². The molecule has 0 spiro atoms. The summed E-state index contributed by atoms with van der Waals surface area (Å²) < 4.78 is 17.1. The average molecular weight is 409 g/mol. The summed E-state index contributed by atoms with van der Waals surface area (Å²) in [5.74, 6) is 1.59. The van der Waals surface area contributed by atoms with E-state index < -0.39 is 5.60 Å². The predicted octanol–water partition coefficient (Wildman–Crippen LogP) is 3.44. The Bertz CT molecular complexity index is 873. The maximum Gasteiger partial charge on any atom is 0.410 e. The Kier molecular flexibility index (Phi) is 5.09. The van der Waals surface area contributed by atoms with Gasteiger partial charge in [0.2, 0.25) is 5.28 Å². The first-order chi connectivity index (χ1) is 13.3. The van der Waals surface area contributed by atoms with Crippen molar-refractivity contribution in [1.82, 2.24) is 14.9 Å². The van der Waals surface area contributed by atoms with E-state index in [1.54, 1.807) is 4.90 Å². The third kappa shape index (κ3) is 4.03. The molecule has 0 N–H and O–H groups in total. The van der Waals surface area contributed by atoms with Gasteiger partial charge in [0.25, 0.3) is 0 Å². The first-order valence-corrected chi connectivity index (χ1v) is 9.95. The van der Waals surface area contributed by atoms with Crippen molar-refractivity contribution in [2.24, 2.45) is 0 Å². The molecular weight excluding hydrogens is 384 g/mol. The van der Waals surface area contributed by atoms with Crippen LogP contribution >= 0.6 is 11.6 Å². The number of fused-ring (bicyclic) bond motifs is 1. The highest BCUT2D eigenvalue weighted by molar-refractivity contribution is 6.28. The van der Waals surface area contributed by atoms with Crippen molar-refractivity contribution < 1.29 is 18.7 Å². The second kappa shape index (κ2) is 7.40. The molecule has 4 heterocycles. The highest BCUT2D eigenvalue weighted by Crippen LogP contribution is 2.35. The van der Waals surface area contributed by atoms with E-state index in [1.807, 2.05) is 26.8 Å². The molecule has 2 aliphatic rings. The molecule has 152 valence electrons. The van der Waals surface area contributed by atoms with Crippen LogP contribution in [0, 0.1) is 0 Å². The van der Waals surface area contributed by atoms with Gasteiger partial charge in [-0.05, 0) is 38.8 Å². The van der Waals surface area contributed by atoms with Crippen molar-refractivity contribution >= 4 is 34.6 Å². The summed E-state index contributed by atoms with van der Waals surface area (Å²) in [4.78, 5) is 24.9. The molecule has 28 heavy (non-hydrogen) atoms. The fraction of sp³-hybridized carbons (Fsp3) is 0.632. The fourth-order valence-corrected chi connectivity index (χ4v) is 3.75. The highest BCUT2D eigenvalue weighted by atomic mass is 35.5. The van der Waals surface area contributed by atoms with E-state index in [4.69, 9.17) is 25.5 Å². The van der Waals surface area contributed by atoms with Crippen LogP contribution in [0.5, 0.6) is 0 Å². The molecule has 9 heteroatoms. The first kappa shape index (κ1) is 19.3. The maximum atomic E-state index is 12.3. The number of morpholine rings is 1. The number of hydrogen-bond donors (Lipinski definition) is 0. The van der Waals surface area contributed by atoms with Gasteiger partial charge < -0.3 is 23.7 Å². The van der Waals surface area contributed by atoms with Crippen LogP contribution < -0.4 is 4.90 Å². The molecule has 2 aromatic rings. The monoisotopic (exact) mass is 408 g/mol. The topological polar surface area (TPSA) is 80.9 Å². The second-order valence-electron chi connectivity index (χ2n) is 8.19. The quantitative estimate of drug-likeness (QED) is 0.704. The molecule has 4 rings (SSSR count). The summed E-state index contributed by atoms with van der Waals surface area (Å²) in [7, 11) is 0. The van der Waals surface area contributed by atoms with Gasteiger partial charge in [-0.3, -0.25) is 0 Å². The fourth-order valence-electron chi connectivity index (χ4n) is 3.58. The Morgan fingerprint density at radius 2 is 2.00 bits per heavy atom. The van der Waals surface area contributed by atoms with Crippen LogP contribution in [-0.2, 0) is 9.47 Å². The molecule has 0 bridgehead atoms. The number of rotatable bonds is 2. The summed E-state index contributed by atoms with van der Waals surface area (Å²) in [5.41, 5.74) is 0.817. The van der Waals surface area contributed by atoms with E-state index in [0.717, 1.165) is 25.3 Å². The Morgan fingerprint density at radius 1 is 1.25 bits per heavy atom. The predicted molar refractivity (Wildman–Crippen MR) is 105 cm³/mol. The molecule has 0 aliphatic carbocycles. The molecule has 2 saturated heterocycles. The lowest BCUT2D eigenvalue weighted by molar-refractivity contribution is 0.0292. The second-order valence-corrected chi connectivity index (χ2v) is 8.53. The van der Waals surface area contributed by atoms with Gasteiger partial charge in [-0.2, -0.15) is 4.98 Å². The lowest BCUT2D eigenvalue weighted by Gasteiger charge is -2.27. The molecule has 1 atom stereocenters. The van der Waals surface area contributed by atoms with E-state index in [1.165, 1.54) is 0 Å². The third-order valence-corrected chi connectivity index (χ3v) is 5.07. The molecule has 0 saturated carbocycles. The van der Waals surface area contributed by atoms with Crippen LogP contribution in [0.25, 0.3) is 11.1 Å². The van der Waals surface area contributed by atoms with Crippen LogP contribution in [0.15, 0.2) is 10.5 Å². The zero-order valence-corrected chi connectivity index (χ0v) is 17.2. The number of amides is 1. The van der Waals surface area contributed by atoms with Gasteiger partial charge >= 0.3 is 6.09 Å². The molecule has 8 nitrogen and oxygen atoms in total. The van der Waals surface area contributed by atoms with E-state index in [0.29, 0.717) is 43.2 Å². The summed E-state index contributed by atoms with van der Waals surface area (Å²) in [5, 5.41) is 0.197. The summed E-state index contributed by atoms with van der Waals surface area (Å²) in [6, 6.07) is 1.91. The van der Waals surface area contributed by atoms with Crippen LogP contribution in [0.2, 0.25) is 5.28 Å². The van der Waals surface area contributed by atoms with Crippen LogP contribution in [0.4, 0.5) is 10.6 Å². The van der Waals surface area contributed by atoms with Gasteiger partial charge in [-0.1, -0.05) is 0 Å². The third-order valence-electron chi connectivity index (χ3n) is 4.90. The molecule has 0 radical (unpaired) electrons. The minimum Gasteiger partial charge on any atom is -0.455 e. The summed E-state index contributed by atoms with van der Waals surface area (Å²) >= 11 is 6.15. The van der Waals surface area contributed by atoms with Crippen molar-refractivity contribution in [3.8, 4) is 0 Å². The molecule has 0 aromatic carbocycles. The zero-order chi connectivity index (χ0) is 19.9. The molecule has 1 amide bonds. The first-order valence-electron chi connectivity index (χ1n) is 9.58. The van der Waals surface area contributed by atoms with Gasteiger partial charge in [-0.25, -0.2) is 9.78 Å². The molecule has 2 fully saturated rings. The van der Waals surface area contributed by atoms with E-state index in [9.17, 15) is 4.79 Å². The van der Waals surface area contributed by atoms with Crippen molar-refractivity contribution in [3.63, 3.8) is 0 Å². The smallest absolute Gasteiger partial charge is 0.410 e. The Hall–Kier alpha value is -2.06. The number of nitrogens with zero attached hydrogens (tertiary/aromatic N) is 4. The Morgan fingerprint density at radius 3 is 2.71 bits per heavy atom. The Balaban J connectivity index is 1.56. The number of furan rings is 1. The number of ether oxygens (including phenoxy) is 2. The van der Waals surface area contributed by atoms with Crippen molar-refractivity contribution in [2.75, 3.05) is 44.3 Å². The molecule has 2 aromatic heterocycles. The van der Waals surface area contributed by atoms with E-state index >= 15 is 0 Å². The summed E-state index contributed by atoms with van der Waals surface area (Å²) in [6.45, 7) is 9.55. The molecule has 2 aliphatic heterocycles. The van der Waals surface area contributed by atoms with Gasteiger partial charge in [0, 0.05) is 38.2 Å². The van der Waals surface area contributed by atoms with Gasteiger partial charge in [0.1, 0.15) is 16.9 Å². The van der Waals surface area contributed by atoms with Crippen LogP contribution in [0.1, 0.15) is 38.9 Å². The number of anilines is 1. The number of halogens is 1. The van der Waals surface area contributed by atoms with Crippen LogP contribution in [-0.4, -0.2) is 66.0 Å². The minimum absolute atomic E-state index is 0.0954. The van der Waals surface area contributed by atoms with Crippen LogP contribution in [0.3, 0.4) is 0 Å². The average Bonchev–Trinajstić information content (AvgIpc) is 3.27. The zero-order valence-electron chi connectivity index (χ0n) is 16.4. The maximum absolute atomic E-state index is 12.3. The normalized spacial score (nSPS) is 20.8. The number of hydrogen-bond acceptors (Lipinski definition) is 7.